The van der Waals surface area contributed by atoms with E-state index in [0.717, 1.165) is 45.4 Å². The van der Waals surface area contributed by atoms with Gasteiger partial charge in [0.15, 0.2) is 0 Å². The highest BCUT2D eigenvalue weighted by Gasteiger charge is 2.26. The summed E-state index contributed by atoms with van der Waals surface area (Å²) in [5.74, 6) is 0.498. The largest absolute Gasteiger partial charge is 0.459 e. The summed E-state index contributed by atoms with van der Waals surface area (Å²) in [5, 5.41) is 2.90. The minimum Gasteiger partial charge on any atom is -0.459 e. The standard InChI is InChI=1S/C25H16N2O3S2/c28-24-23(32-25(29)26-24)12-15-9-10-20-16(11-15)13-17(30-20)14-27-18-5-1-3-7-21(18)31-22-8-4-2-6-19(22)27/h1-13H,14H2,(H,26,28,29). The van der Waals surface area contributed by atoms with Crippen LogP contribution in [0, 0.1) is 0 Å². The maximum atomic E-state index is 11.8. The average Bonchev–Trinajstić information content (AvgIpc) is 3.34. The first kappa shape index (κ1) is 19.3. The number of carbonyl (C=O) groups is 2. The minimum atomic E-state index is -0.353. The molecule has 0 aliphatic carbocycles. The number of benzene rings is 3. The lowest BCUT2D eigenvalue weighted by molar-refractivity contribution is -0.115. The SMILES string of the molecule is O=C1NC(=O)C(=Cc2ccc3oc(CN4c5ccccc5Sc5ccccc54)cc3c2)S1. The van der Waals surface area contributed by atoms with Crippen LogP contribution in [-0.4, -0.2) is 11.1 Å². The molecule has 6 rings (SSSR count). The van der Waals surface area contributed by atoms with Crippen LogP contribution in [0.5, 0.6) is 0 Å². The van der Waals surface area contributed by atoms with Crippen molar-refractivity contribution in [1.82, 2.24) is 5.32 Å². The number of imide groups is 1. The predicted molar refractivity (Wildman–Crippen MR) is 128 cm³/mol. The van der Waals surface area contributed by atoms with Gasteiger partial charge in [0.25, 0.3) is 11.1 Å². The first-order chi connectivity index (χ1) is 15.6. The Balaban J connectivity index is 1.35. The highest BCUT2D eigenvalue weighted by atomic mass is 32.2. The van der Waals surface area contributed by atoms with E-state index in [4.69, 9.17) is 4.42 Å². The maximum absolute atomic E-state index is 11.8. The van der Waals surface area contributed by atoms with Crippen molar-refractivity contribution < 1.29 is 14.0 Å². The Morgan fingerprint density at radius 1 is 0.875 bits per heavy atom. The van der Waals surface area contributed by atoms with Crippen LogP contribution in [0.2, 0.25) is 0 Å². The molecule has 3 aromatic carbocycles. The number of furan rings is 1. The van der Waals surface area contributed by atoms with E-state index in [-0.39, 0.29) is 11.1 Å². The zero-order valence-electron chi connectivity index (χ0n) is 16.7. The Morgan fingerprint density at radius 2 is 1.59 bits per heavy atom. The van der Waals surface area contributed by atoms with E-state index < -0.39 is 0 Å². The number of hydrogen-bond acceptors (Lipinski definition) is 6. The first-order valence-electron chi connectivity index (χ1n) is 10.0. The van der Waals surface area contributed by atoms with E-state index >= 15 is 0 Å². The molecule has 0 radical (unpaired) electrons. The fourth-order valence-corrected chi connectivity index (χ4v) is 5.74. The zero-order chi connectivity index (χ0) is 21.7. The summed E-state index contributed by atoms with van der Waals surface area (Å²) in [6.45, 7) is 0.604. The monoisotopic (exact) mass is 456 g/mol. The number of para-hydroxylation sites is 2. The van der Waals surface area contributed by atoms with Crippen molar-refractivity contribution in [3.05, 3.63) is 89.0 Å². The van der Waals surface area contributed by atoms with Gasteiger partial charge < -0.3 is 9.32 Å². The molecule has 2 aliphatic rings. The van der Waals surface area contributed by atoms with Crippen molar-refractivity contribution in [1.29, 1.82) is 0 Å². The molecule has 0 atom stereocenters. The summed E-state index contributed by atoms with van der Waals surface area (Å²) in [4.78, 5) is 28.4. The van der Waals surface area contributed by atoms with Gasteiger partial charge in [-0.1, -0.05) is 42.1 Å². The van der Waals surface area contributed by atoms with Crippen LogP contribution in [0.15, 0.2) is 91.9 Å². The lowest BCUT2D eigenvalue weighted by Crippen LogP contribution is -2.19. The zero-order valence-corrected chi connectivity index (χ0v) is 18.3. The van der Waals surface area contributed by atoms with Gasteiger partial charge in [-0.3, -0.25) is 14.9 Å². The molecule has 0 spiro atoms. The van der Waals surface area contributed by atoms with Crippen LogP contribution in [-0.2, 0) is 11.3 Å². The van der Waals surface area contributed by atoms with Gasteiger partial charge in [-0.25, -0.2) is 0 Å². The van der Waals surface area contributed by atoms with Crippen molar-refractivity contribution in [3.63, 3.8) is 0 Å². The molecule has 1 saturated heterocycles. The Kier molecular flexibility index (Phi) is 4.59. The van der Waals surface area contributed by atoms with Crippen LogP contribution >= 0.6 is 23.5 Å². The highest BCUT2D eigenvalue weighted by Crippen LogP contribution is 2.48. The number of anilines is 2. The lowest BCUT2D eigenvalue weighted by atomic mass is 10.1. The summed E-state index contributed by atoms with van der Waals surface area (Å²) in [6, 6.07) is 24.6. The van der Waals surface area contributed by atoms with E-state index in [2.05, 4.69) is 58.7 Å². The van der Waals surface area contributed by atoms with Crippen LogP contribution in [0.25, 0.3) is 17.0 Å². The van der Waals surface area contributed by atoms with E-state index in [0.29, 0.717) is 11.4 Å². The van der Waals surface area contributed by atoms with E-state index in [1.807, 2.05) is 24.3 Å². The molecule has 0 saturated carbocycles. The predicted octanol–water partition coefficient (Wildman–Crippen LogP) is 6.56. The molecule has 3 heterocycles. The van der Waals surface area contributed by atoms with Gasteiger partial charge in [0.05, 0.1) is 22.8 Å². The molecular formula is C25H16N2O3S2. The molecule has 156 valence electrons. The van der Waals surface area contributed by atoms with E-state index in [1.165, 1.54) is 9.79 Å². The van der Waals surface area contributed by atoms with Crippen molar-refractivity contribution in [2.24, 2.45) is 0 Å². The quantitative estimate of drug-likeness (QED) is 0.352. The topological polar surface area (TPSA) is 62.6 Å². The number of thioether (sulfide) groups is 1. The normalized spacial score (nSPS) is 16.4. The van der Waals surface area contributed by atoms with Gasteiger partial charge in [0, 0.05) is 15.2 Å². The Labute approximate surface area is 192 Å². The second kappa shape index (κ2) is 7.62. The van der Waals surface area contributed by atoms with Gasteiger partial charge >= 0.3 is 0 Å². The number of hydrogen-bond donors (Lipinski definition) is 1. The number of nitrogens with zero attached hydrogens (tertiary/aromatic N) is 1. The van der Waals surface area contributed by atoms with Crippen molar-refractivity contribution >= 4 is 63.1 Å². The molecule has 1 N–H and O–H groups in total. The average molecular weight is 457 g/mol. The maximum Gasteiger partial charge on any atom is 0.290 e. The Bertz CT molecular complexity index is 1390. The fraction of sp³-hybridized carbons (Fsp3) is 0.0400. The molecule has 4 aromatic rings. The Hall–Kier alpha value is -3.42. The fourth-order valence-electron chi connectivity index (χ4n) is 3.96. The summed E-state index contributed by atoms with van der Waals surface area (Å²) in [5.41, 5.74) is 3.96. The first-order valence-corrected chi connectivity index (χ1v) is 11.7. The number of nitrogens with one attached hydrogen (secondary N) is 1. The van der Waals surface area contributed by atoms with Crippen LogP contribution in [0.4, 0.5) is 16.2 Å². The molecule has 32 heavy (non-hydrogen) atoms. The van der Waals surface area contributed by atoms with Crippen molar-refractivity contribution in [2.45, 2.75) is 16.3 Å². The lowest BCUT2D eigenvalue weighted by Gasteiger charge is -2.32. The molecule has 5 nitrogen and oxygen atoms in total. The van der Waals surface area contributed by atoms with Gasteiger partial charge in [0.2, 0.25) is 0 Å². The van der Waals surface area contributed by atoms with Gasteiger partial charge in [-0.2, -0.15) is 0 Å². The Morgan fingerprint density at radius 3 is 2.28 bits per heavy atom. The molecular weight excluding hydrogens is 440 g/mol. The summed E-state index contributed by atoms with van der Waals surface area (Å²) >= 11 is 2.70. The van der Waals surface area contributed by atoms with Crippen molar-refractivity contribution in [3.8, 4) is 0 Å². The number of rotatable bonds is 3. The third-order valence-electron chi connectivity index (χ3n) is 5.38. The number of carbonyl (C=O) groups excluding carboxylic acids is 2. The molecule has 2 amide bonds. The van der Waals surface area contributed by atoms with Gasteiger partial charge in [-0.15, -0.1) is 0 Å². The van der Waals surface area contributed by atoms with E-state index in [9.17, 15) is 9.59 Å². The third-order valence-corrected chi connectivity index (χ3v) is 7.32. The second-order valence-electron chi connectivity index (χ2n) is 7.49. The van der Waals surface area contributed by atoms with Gasteiger partial charge in [-0.05, 0) is 65.9 Å². The summed E-state index contributed by atoms with van der Waals surface area (Å²) < 4.78 is 6.16. The molecule has 0 bridgehead atoms. The highest BCUT2D eigenvalue weighted by molar-refractivity contribution is 8.18. The molecule has 2 aliphatic heterocycles. The summed E-state index contributed by atoms with van der Waals surface area (Å²) in [6.07, 6.45) is 1.73. The molecule has 1 aromatic heterocycles. The minimum absolute atomic E-state index is 0.340. The van der Waals surface area contributed by atoms with E-state index in [1.54, 1.807) is 17.8 Å². The summed E-state index contributed by atoms with van der Waals surface area (Å²) in [7, 11) is 0. The number of fused-ring (bicyclic) bond motifs is 3. The smallest absolute Gasteiger partial charge is 0.290 e. The van der Waals surface area contributed by atoms with Crippen LogP contribution in [0.1, 0.15) is 11.3 Å². The van der Waals surface area contributed by atoms with Crippen molar-refractivity contribution in [2.75, 3.05) is 4.90 Å². The van der Waals surface area contributed by atoms with Crippen LogP contribution in [0.3, 0.4) is 0 Å². The number of amides is 2. The second-order valence-corrected chi connectivity index (χ2v) is 9.58. The molecule has 7 heteroatoms. The third kappa shape index (κ3) is 3.39. The molecule has 0 unspecified atom stereocenters. The van der Waals surface area contributed by atoms with Crippen LogP contribution < -0.4 is 10.2 Å². The molecule has 1 fully saturated rings. The van der Waals surface area contributed by atoms with Gasteiger partial charge in [0.1, 0.15) is 11.3 Å².